The van der Waals surface area contributed by atoms with Crippen molar-refractivity contribution in [1.82, 2.24) is 29.1 Å². The summed E-state index contributed by atoms with van der Waals surface area (Å²) >= 11 is 0. The molecule has 9 heteroatoms. The van der Waals surface area contributed by atoms with Crippen LogP contribution >= 0.6 is 0 Å². The third kappa shape index (κ3) is 5.23. The fourth-order valence-electron chi connectivity index (χ4n) is 1.46. The van der Waals surface area contributed by atoms with Crippen LogP contribution in [0.2, 0.25) is 0 Å². The molecule has 2 N–H and O–H groups in total. The highest BCUT2D eigenvalue weighted by molar-refractivity contribution is 7.87. The first-order valence-electron chi connectivity index (χ1n) is 6.22. The van der Waals surface area contributed by atoms with Gasteiger partial charge in [0.2, 0.25) is 0 Å². The number of hydrogen-bond donors (Lipinski definition) is 2. The quantitative estimate of drug-likeness (QED) is 0.574. The van der Waals surface area contributed by atoms with Gasteiger partial charge in [0.05, 0.1) is 6.54 Å². The molecule has 0 bridgehead atoms. The predicted molar refractivity (Wildman–Crippen MR) is 72.6 cm³/mol. The van der Waals surface area contributed by atoms with E-state index in [0.717, 1.165) is 19.5 Å². The average Bonchev–Trinajstić information content (AvgIpc) is 2.77. The van der Waals surface area contributed by atoms with E-state index in [1.54, 1.807) is 18.7 Å². The Bertz CT molecular complexity index is 472. The molecule has 1 aromatic rings. The Morgan fingerprint density at radius 1 is 1.47 bits per heavy atom. The topological polar surface area (TPSA) is 92.2 Å². The van der Waals surface area contributed by atoms with Crippen molar-refractivity contribution in [2.24, 2.45) is 7.05 Å². The van der Waals surface area contributed by atoms with E-state index in [9.17, 15) is 8.42 Å². The van der Waals surface area contributed by atoms with E-state index >= 15 is 0 Å². The van der Waals surface area contributed by atoms with Gasteiger partial charge in [-0.3, -0.25) is 0 Å². The molecule has 1 aromatic heterocycles. The summed E-state index contributed by atoms with van der Waals surface area (Å²) in [5, 5.41) is 10.7. The molecule has 0 saturated carbocycles. The minimum atomic E-state index is -3.47. The zero-order valence-corrected chi connectivity index (χ0v) is 12.4. The van der Waals surface area contributed by atoms with Crippen LogP contribution in [0.15, 0.2) is 6.33 Å². The number of nitrogens with zero attached hydrogens (tertiary/aromatic N) is 4. The molecule has 1 rings (SSSR count). The number of aryl methyl sites for hydroxylation is 1. The third-order valence-corrected chi connectivity index (χ3v) is 4.22. The molecule has 0 aliphatic rings. The van der Waals surface area contributed by atoms with Gasteiger partial charge in [-0.05, 0) is 19.5 Å². The van der Waals surface area contributed by atoms with Gasteiger partial charge >= 0.3 is 0 Å². The highest BCUT2D eigenvalue weighted by atomic mass is 32.2. The lowest BCUT2D eigenvalue weighted by molar-refractivity contribution is 0.444. The zero-order valence-electron chi connectivity index (χ0n) is 11.6. The van der Waals surface area contributed by atoms with Gasteiger partial charge in [0.1, 0.15) is 12.2 Å². The highest BCUT2D eigenvalue weighted by Gasteiger charge is 2.17. The van der Waals surface area contributed by atoms with Crippen molar-refractivity contribution in [3.05, 3.63) is 12.2 Å². The zero-order chi connectivity index (χ0) is 14.3. The first-order chi connectivity index (χ1) is 8.97. The van der Waals surface area contributed by atoms with Crippen LogP contribution in [0.4, 0.5) is 0 Å². The number of rotatable bonds is 9. The normalized spacial score (nSPS) is 12.2. The molecular weight excluding hydrogens is 268 g/mol. The first kappa shape index (κ1) is 16.0. The van der Waals surface area contributed by atoms with E-state index in [2.05, 4.69) is 20.2 Å². The second kappa shape index (κ2) is 7.53. The molecular formula is C10H22N6O2S. The summed E-state index contributed by atoms with van der Waals surface area (Å²) < 4.78 is 29.4. The van der Waals surface area contributed by atoms with E-state index in [4.69, 9.17) is 0 Å². The molecule has 0 aliphatic carbocycles. The van der Waals surface area contributed by atoms with Crippen LogP contribution in [0.1, 0.15) is 19.2 Å². The monoisotopic (exact) mass is 290 g/mol. The molecule has 0 unspecified atom stereocenters. The van der Waals surface area contributed by atoms with E-state index < -0.39 is 10.2 Å². The summed E-state index contributed by atoms with van der Waals surface area (Å²) in [6.45, 7) is 4.32. The molecule has 0 atom stereocenters. The molecule has 0 spiro atoms. The van der Waals surface area contributed by atoms with Crippen molar-refractivity contribution < 1.29 is 8.42 Å². The van der Waals surface area contributed by atoms with Crippen LogP contribution < -0.4 is 10.0 Å². The van der Waals surface area contributed by atoms with E-state index in [1.165, 1.54) is 10.6 Å². The lowest BCUT2D eigenvalue weighted by Gasteiger charge is -2.17. The largest absolute Gasteiger partial charge is 0.320 e. The van der Waals surface area contributed by atoms with Gasteiger partial charge in [-0.15, -0.1) is 10.2 Å². The van der Waals surface area contributed by atoms with Crippen molar-refractivity contribution in [3.63, 3.8) is 0 Å². The minimum absolute atomic E-state index is 0.135. The van der Waals surface area contributed by atoms with Gasteiger partial charge in [-0.1, -0.05) is 6.92 Å². The van der Waals surface area contributed by atoms with Crippen molar-refractivity contribution in [2.45, 2.75) is 19.9 Å². The maximum atomic E-state index is 11.9. The Morgan fingerprint density at radius 3 is 2.79 bits per heavy atom. The van der Waals surface area contributed by atoms with Crippen molar-refractivity contribution in [1.29, 1.82) is 0 Å². The molecule has 1 heterocycles. The summed E-state index contributed by atoms with van der Waals surface area (Å²) in [4.78, 5) is 0. The van der Waals surface area contributed by atoms with Crippen molar-refractivity contribution >= 4 is 10.2 Å². The Hall–Kier alpha value is -1.03. The van der Waals surface area contributed by atoms with Crippen LogP contribution in [0.5, 0.6) is 0 Å². The molecule has 0 radical (unpaired) electrons. The predicted octanol–water partition coefficient (Wildman–Crippen LogP) is -0.919. The maximum Gasteiger partial charge on any atom is 0.279 e. The Labute approximate surface area is 114 Å². The van der Waals surface area contributed by atoms with Crippen LogP contribution in [0, 0.1) is 0 Å². The van der Waals surface area contributed by atoms with Crippen LogP contribution in [-0.4, -0.2) is 54.2 Å². The fraction of sp³-hybridized carbons (Fsp3) is 0.800. The lowest BCUT2D eigenvalue weighted by atomic mass is 10.4. The maximum absolute atomic E-state index is 11.9. The standard InChI is InChI=1S/C10H22N6O2S/c1-4-11-6-5-7-16(3)19(17,18)13-8-10-14-12-9-15(10)2/h9,11,13H,4-8H2,1-3H3. The van der Waals surface area contributed by atoms with Crippen LogP contribution in [-0.2, 0) is 23.8 Å². The molecule has 8 nitrogen and oxygen atoms in total. The summed E-state index contributed by atoms with van der Waals surface area (Å²) in [5.74, 6) is 0.574. The Balaban J connectivity index is 2.40. The summed E-state index contributed by atoms with van der Waals surface area (Å²) in [6.07, 6.45) is 2.30. The SMILES string of the molecule is CCNCCCN(C)S(=O)(=O)NCc1nncn1C. The summed E-state index contributed by atoms with van der Waals surface area (Å²) in [7, 11) is -0.138. The molecule has 19 heavy (non-hydrogen) atoms. The highest BCUT2D eigenvalue weighted by Crippen LogP contribution is 1.98. The molecule has 0 fully saturated rings. The average molecular weight is 290 g/mol. The Kier molecular flexibility index (Phi) is 6.35. The molecule has 110 valence electrons. The smallest absolute Gasteiger partial charge is 0.279 e. The molecule has 0 saturated heterocycles. The number of nitrogens with one attached hydrogen (secondary N) is 2. The van der Waals surface area contributed by atoms with E-state index in [1.807, 2.05) is 6.92 Å². The molecule has 0 aliphatic heterocycles. The number of aromatic nitrogens is 3. The van der Waals surface area contributed by atoms with Gasteiger partial charge in [0, 0.05) is 20.6 Å². The van der Waals surface area contributed by atoms with Gasteiger partial charge in [0.15, 0.2) is 0 Å². The van der Waals surface area contributed by atoms with Gasteiger partial charge in [-0.25, -0.2) is 0 Å². The number of hydrogen-bond acceptors (Lipinski definition) is 5. The molecule has 0 aromatic carbocycles. The first-order valence-corrected chi connectivity index (χ1v) is 7.66. The second-order valence-corrected chi connectivity index (χ2v) is 6.08. The van der Waals surface area contributed by atoms with Crippen molar-refractivity contribution in [2.75, 3.05) is 26.7 Å². The fourth-order valence-corrected chi connectivity index (χ4v) is 2.36. The van der Waals surface area contributed by atoms with Gasteiger partial charge < -0.3 is 9.88 Å². The summed E-state index contributed by atoms with van der Waals surface area (Å²) in [5.41, 5.74) is 0. The Morgan fingerprint density at radius 2 is 2.21 bits per heavy atom. The third-order valence-electron chi connectivity index (χ3n) is 2.70. The summed E-state index contributed by atoms with van der Waals surface area (Å²) in [6, 6.07) is 0. The molecule has 0 amide bonds. The van der Waals surface area contributed by atoms with E-state index in [-0.39, 0.29) is 6.54 Å². The van der Waals surface area contributed by atoms with Gasteiger partial charge in [-0.2, -0.15) is 17.4 Å². The van der Waals surface area contributed by atoms with Crippen LogP contribution in [0.3, 0.4) is 0 Å². The van der Waals surface area contributed by atoms with Gasteiger partial charge in [0.25, 0.3) is 10.2 Å². The van der Waals surface area contributed by atoms with E-state index in [0.29, 0.717) is 12.4 Å². The van der Waals surface area contributed by atoms with Crippen molar-refractivity contribution in [3.8, 4) is 0 Å². The second-order valence-electron chi connectivity index (χ2n) is 4.21. The lowest BCUT2D eigenvalue weighted by Crippen LogP contribution is -2.39. The van der Waals surface area contributed by atoms with Crippen LogP contribution in [0.25, 0.3) is 0 Å². The minimum Gasteiger partial charge on any atom is -0.320 e.